The van der Waals surface area contributed by atoms with E-state index in [4.69, 9.17) is 4.98 Å². The van der Waals surface area contributed by atoms with Gasteiger partial charge >= 0.3 is 0 Å². The number of fused-ring (bicyclic) bond motifs is 1. The van der Waals surface area contributed by atoms with E-state index in [1.54, 1.807) is 12.4 Å². The van der Waals surface area contributed by atoms with Crippen LogP contribution in [0.5, 0.6) is 0 Å². The molecular weight excluding hydrogens is 362 g/mol. The molecule has 154 valence electrons. The van der Waals surface area contributed by atoms with Crippen LogP contribution in [0.3, 0.4) is 0 Å². The maximum absolute atomic E-state index is 12.8. The number of hydrogen-bond donors (Lipinski definition) is 1. The van der Waals surface area contributed by atoms with Crippen molar-refractivity contribution >= 4 is 5.91 Å². The largest absolute Gasteiger partial charge is 0.348 e. The number of carbonyl (C=O) groups is 1. The van der Waals surface area contributed by atoms with Gasteiger partial charge in [-0.05, 0) is 55.7 Å². The Morgan fingerprint density at radius 1 is 1.34 bits per heavy atom. The molecule has 1 fully saturated rings. The van der Waals surface area contributed by atoms with E-state index in [0.29, 0.717) is 18.3 Å². The summed E-state index contributed by atoms with van der Waals surface area (Å²) in [5, 5.41) is 3.28. The summed E-state index contributed by atoms with van der Waals surface area (Å²) in [6.07, 6.45) is 9.66. The lowest BCUT2D eigenvalue weighted by molar-refractivity contribution is -0.123. The predicted molar refractivity (Wildman–Crippen MR) is 113 cm³/mol. The molecule has 0 spiro atoms. The first kappa shape index (κ1) is 20.0. The van der Waals surface area contributed by atoms with Crippen LogP contribution < -0.4 is 5.32 Å². The van der Waals surface area contributed by atoms with Crippen LogP contribution in [0.4, 0.5) is 0 Å². The second-order valence-electron chi connectivity index (χ2n) is 9.49. The molecule has 1 aliphatic carbocycles. The molecule has 1 saturated heterocycles. The summed E-state index contributed by atoms with van der Waals surface area (Å²) in [5.41, 5.74) is 3.08. The Balaban J connectivity index is 1.52. The van der Waals surface area contributed by atoms with Crippen LogP contribution in [0.2, 0.25) is 0 Å². The Hall–Kier alpha value is -2.34. The summed E-state index contributed by atoms with van der Waals surface area (Å²) in [5.74, 6) is 1.47. The second kappa shape index (κ2) is 8.19. The highest BCUT2D eigenvalue weighted by molar-refractivity contribution is 5.78. The molecule has 6 heteroatoms. The maximum Gasteiger partial charge on any atom is 0.234 e. The van der Waals surface area contributed by atoms with Crippen molar-refractivity contribution in [3.63, 3.8) is 0 Å². The number of amides is 1. The van der Waals surface area contributed by atoms with Crippen molar-refractivity contribution in [3.05, 3.63) is 42.0 Å². The van der Waals surface area contributed by atoms with Crippen LogP contribution in [-0.2, 0) is 11.2 Å². The van der Waals surface area contributed by atoms with Gasteiger partial charge in [0, 0.05) is 36.3 Å². The van der Waals surface area contributed by atoms with Gasteiger partial charge in [-0.25, -0.2) is 9.97 Å². The Morgan fingerprint density at radius 2 is 2.21 bits per heavy atom. The van der Waals surface area contributed by atoms with E-state index < -0.39 is 0 Å². The summed E-state index contributed by atoms with van der Waals surface area (Å²) in [4.78, 5) is 28.7. The maximum atomic E-state index is 12.8. The molecule has 0 bridgehead atoms. The monoisotopic (exact) mass is 393 g/mol. The molecule has 2 aromatic rings. The Bertz CT molecular complexity index is 867. The summed E-state index contributed by atoms with van der Waals surface area (Å²) >= 11 is 0. The van der Waals surface area contributed by atoms with Gasteiger partial charge in [0.2, 0.25) is 5.91 Å². The molecule has 0 radical (unpaired) electrons. The number of aromatic nitrogens is 3. The highest BCUT2D eigenvalue weighted by Gasteiger charge is 2.35. The highest BCUT2D eigenvalue weighted by Crippen LogP contribution is 2.40. The number of likely N-dealkylation sites (tertiary alicyclic amines) is 1. The molecule has 1 amide bonds. The Kier molecular flexibility index (Phi) is 5.63. The third kappa shape index (κ3) is 4.81. The van der Waals surface area contributed by atoms with E-state index in [-0.39, 0.29) is 17.4 Å². The van der Waals surface area contributed by atoms with E-state index in [9.17, 15) is 4.79 Å². The molecule has 4 rings (SSSR count). The first-order valence-corrected chi connectivity index (χ1v) is 10.7. The fourth-order valence-corrected chi connectivity index (χ4v) is 4.68. The fourth-order valence-electron chi connectivity index (χ4n) is 4.68. The van der Waals surface area contributed by atoms with Crippen molar-refractivity contribution in [1.82, 2.24) is 25.2 Å². The normalized spacial score (nSPS) is 24.0. The zero-order chi connectivity index (χ0) is 20.4. The molecule has 29 heavy (non-hydrogen) atoms. The number of pyridine rings is 1. The van der Waals surface area contributed by atoms with Crippen molar-refractivity contribution in [1.29, 1.82) is 0 Å². The number of piperidine rings is 1. The molecule has 1 aliphatic heterocycles. The van der Waals surface area contributed by atoms with Gasteiger partial charge in [0.05, 0.1) is 18.3 Å². The molecule has 0 saturated carbocycles. The molecule has 2 aromatic heterocycles. The van der Waals surface area contributed by atoms with E-state index in [1.807, 2.05) is 18.3 Å². The molecule has 2 aliphatic rings. The third-order valence-electron chi connectivity index (χ3n) is 6.04. The molecular formula is C23H31N5O. The average Bonchev–Trinajstić information content (AvgIpc) is 2.67. The minimum Gasteiger partial charge on any atom is -0.348 e. The SMILES string of the molecule is C[C@@H]1CCCN(CC(=O)N[C@H]2CC(C)(C)Cc3nc(-c4cccnc4)ncc32)C1. The first-order valence-electron chi connectivity index (χ1n) is 10.7. The van der Waals surface area contributed by atoms with E-state index in [1.165, 1.54) is 12.8 Å². The van der Waals surface area contributed by atoms with Crippen LogP contribution in [-0.4, -0.2) is 45.4 Å². The van der Waals surface area contributed by atoms with Crippen LogP contribution in [0.15, 0.2) is 30.7 Å². The lowest BCUT2D eigenvalue weighted by Gasteiger charge is -2.37. The Labute approximate surface area is 173 Å². The number of rotatable bonds is 4. The molecule has 0 unspecified atom stereocenters. The van der Waals surface area contributed by atoms with Gasteiger partial charge in [0.1, 0.15) is 0 Å². The van der Waals surface area contributed by atoms with Crippen molar-refractivity contribution in [2.24, 2.45) is 11.3 Å². The van der Waals surface area contributed by atoms with E-state index >= 15 is 0 Å². The smallest absolute Gasteiger partial charge is 0.234 e. The third-order valence-corrected chi connectivity index (χ3v) is 6.04. The topological polar surface area (TPSA) is 71.0 Å². The summed E-state index contributed by atoms with van der Waals surface area (Å²) < 4.78 is 0. The van der Waals surface area contributed by atoms with E-state index in [2.05, 4.69) is 41.0 Å². The Morgan fingerprint density at radius 3 is 2.97 bits per heavy atom. The van der Waals surface area contributed by atoms with Gasteiger partial charge in [-0.2, -0.15) is 0 Å². The van der Waals surface area contributed by atoms with E-state index in [0.717, 1.165) is 42.8 Å². The quantitative estimate of drug-likeness (QED) is 0.862. The fraction of sp³-hybridized carbons (Fsp3) is 0.565. The van der Waals surface area contributed by atoms with Crippen LogP contribution in [0.25, 0.3) is 11.4 Å². The summed E-state index contributed by atoms with van der Waals surface area (Å²) in [6, 6.07) is 3.83. The van der Waals surface area contributed by atoms with Crippen LogP contribution >= 0.6 is 0 Å². The van der Waals surface area contributed by atoms with Gasteiger partial charge in [-0.15, -0.1) is 0 Å². The highest BCUT2D eigenvalue weighted by atomic mass is 16.2. The minimum absolute atomic E-state index is 0.0357. The number of nitrogens with one attached hydrogen (secondary N) is 1. The van der Waals surface area contributed by atoms with Gasteiger partial charge in [-0.3, -0.25) is 14.7 Å². The standard InChI is InChI=1S/C23H31N5O/c1-16-6-5-9-28(14-16)15-21(29)26-19-10-23(2,3)11-20-18(19)13-25-22(27-20)17-7-4-8-24-12-17/h4,7-8,12-13,16,19H,5-6,9-11,14-15H2,1-3H3,(H,26,29)/t16-,19+/m1/s1. The molecule has 1 N–H and O–H groups in total. The van der Waals surface area contributed by atoms with Gasteiger partial charge in [0.15, 0.2) is 5.82 Å². The molecule has 2 atom stereocenters. The van der Waals surface area contributed by atoms with Gasteiger partial charge in [0.25, 0.3) is 0 Å². The van der Waals surface area contributed by atoms with Crippen LogP contribution in [0, 0.1) is 11.3 Å². The van der Waals surface area contributed by atoms with Gasteiger partial charge < -0.3 is 5.32 Å². The van der Waals surface area contributed by atoms with Crippen LogP contribution in [0.1, 0.15) is 57.3 Å². The van der Waals surface area contributed by atoms with Crippen molar-refractivity contribution in [2.45, 2.75) is 52.5 Å². The van der Waals surface area contributed by atoms with Gasteiger partial charge in [-0.1, -0.05) is 20.8 Å². The van der Waals surface area contributed by atoms with Crippen molar-refractivity contribution in [3.8, 4) is 11.4 Å². The average molecular weight is 394 g/mol. The zero-order valence-corrected chi connectivity index (χ0v) is 17.7. The van der Waals surface area contributed by atoms with Crippen molar-refractivity contribution in [2.75, 3.05) is 19.6 Å². The lowest BCUT2D eigenvalue weighted by Crippen LogP contribution is -2.44. The number of hydrogen-bond acceptors (Lipinski definition) is 5. The lowest BCUT2D eigenvalue weighted by atomic mass is 9.74. The molecule has 3 heterocycles. The minimum atomic E-state index is -0.0357. The predicted octanol–water partition coefficient (Wildman–Crippen LogP) is 3.40. The molecule has 0 aromatic carbocycles. The zero-order valence-electron chi connectivity index (χ0n) is 17.7. The number of nitrogens with zero attached hydrogens (tertiary/aromatic N) is 4. The number of carbonyl (C=O) groups excluding carboxylic acids is 1. The van der Waals surface area contributed by atoms with Crippen molar-refractivity contribution < 1.29 is 4.79 Å². The second-order valence-corrected chi connectivity index (χ2v) is 9.49. The molecule has 6 nitrogen and oxygen atoms in total. The first-order chi connectivity index (χ1) is 13.9. The summed E-state index contributed by atoms with van der Waals surface area (Å²) in [6.45, 7) is 9.26. The summed E-state index contributed by atoms with van der Waals surface area (Å²) in [7, 11) is 0.